The molecule has 5 heteroatoms. The van der Waals surface area contributed by atoms with Gasteiger partial charge in [0, 0.05) is 18.1 Å². The summed E-state index contributed by atoms with van der Waals surface area (Å²) in [6.45, 7) is 3.06. The first-order valence-electron chi connectivity index (χ1n) is 4.71. The van der Waals surface area contributed by atoms with Crippen LogP contribution >= 0.6 is 0 Å². The van der Waals surface area contributed by atoms with Crippen LogP contribution in [0.25, 0.3) is 0 Å². The molecule has 0 spiro atoms. The van der Waals surface area contributed by atoms with Gasteiger partial charge in [-0.3, -0.25) is 10.1 Å². The van der Waals surface area contributed by atoms with Crippen molar-refractivity contribution in [1.82, 2.24) is 0 Å². The van der Waals surface area contributed by atoms with E-state index in [0.717, 1.165) is 0 Å². The Morgan fingerprint density at radius 1 is 1.47 bits per heavy atom. The highest BCUT2D eigenvalue weighted by molar-refractivity contribution is 5.35. The largest absolute Gasteiger partial charge is 0.493 e. The second kappa shape index (κ2) is 5.31. The number of ether oxygens (including phenoxy) is 1. The Morgan fingerprint density at radius 3 is 2.53 bits per heavy atom. The van der Waals surface area contributed by atoms with E-state index in [1.165, 1.54) is 12.1 Å². The molecule has 0 bridgehead atoms. The van der Waals surface area contributed by atoms with Crippen molar-refractivity contribution in [2.24, 2.45) is 11.7 Å². The van der Waals surface area contributed by atoms with E-state index in [4.69, 9.17) is 10.5 Å². The predicted molar refractivity (Wildman–Crippen MR) is 56.8 cm³/mol. The molecule has 0 aliphatic carbocycles. The van der Waals surface area contributed by atoms with E-state index in [9.17, 15) is 10.1 Å². The van der Waals surface area contributed by atoms with Gasteiger partial charge in [-0.05, 0) is 18.7 Å². The van der Waals surface area contributed by atoms with Crippen LogP contribution in [-0.2, 0) is 0 Å². The molecule has 1 atom stereocenters. The van der Waals surface area contributed by atoms with E-state index in [2.05, 4.69) is 0 Å². The van der Waals surface area contributed by atoms with Crippen molar-refractivity contribution in [3.63, 3.8) is 0 Å². The van der Waals surface area contributed by atoms with Crippen molar-refractivity contribution in [1.29, 1.82) is 0 Å². The van der Waals surface area contributed by atoms with Crippen molar-refractivity contribution in [2.75, 3.05) is 13.2 Å². The Balaban J connectivity index is 2.53. The van der Waals surface area contributed by atoms with Crippen molar-refractivity contribution in [2.45, 2.75) is 6.92 Å². The molecule has 0 heterocycles. The molecule has 0 saturated carbocycles. The van der Waals surface area contributed by atoms with Gasteiger partial charge in [-0.25, -0.2) is 0 Å². The van der Waals surface area contributed by atoms with Crippen molar-refractivity contribution in [3.05, 3.63) is 34.4 Å². The number of rotatable bonds is 5. The Bertz CT molecular complexity index is 324. The van der Waals surface area contributed by atoms with E-state index in [1.807, 2.05) is 6.92 Å². The highest BCUT2D eigenvalue weighted by Gasteiger charge is 2.05. The average Bonchev–Trinajstić information content (AvgIpc) is 2.26. The van der Waals surface area contributed by atoms with Gasteiger partial charge in [0.15, 0.2) is 0 Å². The summed E-state index contributed by atoms with van der Waals surface area (Å²) in [5.41, 5.74) is 5.49. The number of hydrogen-bond acceptors (Lipinski definition) is 4. The molecule has 0 fully saturated rings. The minimum absolute atomic E-state index is 0.0641. The predicted octanol–water partition coefficient (Wildman–Crippen LogP) is 1.57. The minimum atomic E-state index is -0.438. The molecule has 82 valence electrons. The molecular formula is C10H14N2O3. The third kappa shape index (κ3) is 3.55. The molecule has 2 N–H and O–H groups in total. The summed E-state index contributed by atoms with van der Waals surface area (Å²) in [5, 5.41) is 10.4. The smallest absolute Gasteiger partial charge is 0.269 e. The minimum Gasteiger partial charge on any atom is -0.493 e. The normalized spacial score (nSPS) is 12.1. The van der Waals surface area contributed by atoms with E-state index in [0.29, 0.717) is 18.9 Å². The monoisotopic (exact) mass is 210 g/mol. The molecule has 1 rings (SSSR count). The van der Waals surface area contributed by atoms with Gasteiger partial charge in [0.25, 0.3) is 5.69 Å². The summed E-state index contributed by atoms with van der Waals surface area (Å²) in [6.07, 6.45) is 0. The summed E-state index contributed by atoms with van der Waals surface area (Å²) < 4.78 is 5.39. The first-order valence-corrected chi connectivity index (χ1v) is 4.71. The fourth-order valence-corrected chi connectivity index (χ4v) is 0.971. The Kier molecular flexibility index (Phi) is 4.05. The van der Waals surface area contributed by atoms with Crippen LogP contribution < -0.4 is 10.5 Å². The number of hydrogen-bond donors (Lipinski definition) is 1. The van der Waals surface area contributed by atoms with Crippen LogP contribution in [0.5, 0.6) is 5.75 Å². The third-order valence-corrected chi connectivity index (χ3v) is 1.98. The van der Waals surface area contributed by atoms with Gasteiger partial charge in [0.1, 0.15) is 5.75 Å². The van der Waals surface area contributed by atoms with Crippen LogP contribution in [0.15, 0.2) is 24.3 Å². The topological polar surface area (TPSA) is 78.4 Å². The maximum Gasteiger partial charge on any atom is 0.269 e. The van der Waals surface area contributed by atoms with Crippen LogP contribution in [-0.4, -0.2) is 18.1 Å². The molecule has 0 amide bonds. The zero-order chi connectivity index (χ0) is 11.3. The Morgan fingerprint density at radius 2 is 2.07 bits per heavy atom. The molecule has 0 aliphatic rings. The van der Waals surface area contributed by atoms with Crippen molar-refractivity contribution in [3.8, 4) is 5.75 Å². The Labute approximate surface area is 88.0 Å². The number of non-ortho nitro benzene ring substituents is 1. The van der Waals surface area contributed by atoms with Gasteiger partial charge < -0.3 is 10.5 Å². The molecule has 15 heavy (non-hydrogen) atoms. The van der Waals surface area contributed by atoms with Gasteiger partial charge in [-0.2, -0.15) is 0 Å². The van der Waals surface area contributed by atoms with Gasteiger partial charge in [0.05, 0.1) is 11.5 Å². The highest BCUT2D eigenvalue weighted by Crippen LogP contribution is 2.17. The van der Waals surface area contributed by atoms with Crippen LogP contribution in [0.3, 0.4) is 0 Å². The van der Waals surface area contributed by atoms with E-state index in [-0.39, 0.29) is 11.6 Å². The van der Waals surface area contributed by atoms with Crippen molar-refractivity contribution < 1.29 is 9.66 Å². The molecular weight excluding hydrogens is 196 g/mol. The first-order chi connectivity index (χ1) is 7.13. The second-order valence-electron chi connectivity index (χ2n) is 3.40. The summed E-state index contributed by atoms with van der Waals surface area (Å²) in [6, 6.07) is 6.01. The summed E-state index contributed by atoms with van der Waals surface area (Å²) in [7, 11) is 0. The van der Waals surface area contributed by atoms with Crippen LogP contribution in [0.4, 0.5) is 5.69 Å². The summed E-state index contributed by atoms with van der Waals surface area (Å²) >= 11 is 0. The quantitative estimate of drug-likeness (QED) is 0.591. The molecule has 1 aromatic carbocycles. The fraction of sp³-hybridized carbons (Fsp3) is 0.400. The maximum absolute atomic E-state index is 10.4. The number of nitro groups is 1. The third-order valence-electron chi connectivity index (χ3n) is 1.98. The SMILES string of the molecule is C[C@@H](CN)COc1ccc([N+](=O)[O-])cc1. The van der Waals surface area contributed by atoms with E-state index >= 15 is 0 Å². The molecule has 0 aromatic heterocycles. The lowest BCUT2D eigenvalue weighted by molar-refractivity contribution is -0.384. The fourth-order valence-electron chi connectivity index (χ4n) is 0.971. The zero-order valence-electron chi connectivity index (χ0n) is 8.55. The van der Waals surface area contributed by atoms with Crippen LogP contribution in [0, 0.1) is 16.0 Å². The standard InChI is InChI=1S/C10H14N2O3/c1-8(6-11)7-15-10-4-2-9(3-5-10)12(13)14/h2-5,8H,6-7,11H2,1H3/t8-/m0/s1. The molecule has 0 unspecified atom stereocenters. The van der Waals surface area contributed by atoms with Gasteiger partial charge in [-0.15, -0.1) is 0 Å². The van der Waals surface area contributed by atoms with Gasteiger partial charge in [-0.1, -0.05) is 6.92 Å². The van der Waals surface area contributed by atoms with Gasteiger partial charge >= 0.3 is 0 Å². The number of nitrogens with two attached hydrogens (primary N) is 1. The zero-order valence-corrected chi connectivity index (χ0v) is 8.55. The first kappa shape index (κ1) is 11.5. The lowest BCUT2D eigenvalue weighted by atomic mass is 10.2. The van der Waals surface area contributed by atoms with Crippen LogP contribution in [0.2, 0.25) is 0 Å². The second-order valence-corrected chi connectivity index (χ2v) is 3.40. The van der Waals surface area contributed by atoms with Crippen molar-refractivity contribution >= 4 is 5.69 Å². The molecule has 0 aliphatic heterocycles. The molecule has 5 nitrogen and oxygen atoms in total. The molecule has 0 saturated heterocycles. The number of nitro benzene ring substituents is 1. The van der Waals surface area contributed by atoms with Crippen LogP contribution in [0.1, 0.15) is 6.92 Å². The summed E-state index contributed by atoms with van der Waals surface area (Å²) in [4.78, 5) is 9.93. The summed E-state index contributed by atoms with van der Waals surface area (Å²) in [5.74, 6) is 0.904. The molecule has 0 radical (unpaired) electrons. The number of benzene rings is 1. The lowest BCUT2D eigenvalue weighted by Crippen LogP contribution is -2.18. The molecule has 1 aromatic rings. The maximum atomic E-state index is 10.4. The average molecular weight is 210 g/mol. The Hall–Kier alpha value is -1.62. The van der Waals surface area contributed by atoms with Gasteiger partial charge in [0.2, 0.25) is 0 Å². The van der Waals surface area contributed by atoms with E-state index < -0.39 is 4.92 Å². The number of nitrogens with zero attached hydrogens (tertiary/aromatic N) is 1. The highest BCUT2D eigenvalue weighted by atomic mass is 16.6. The van der Waals surface area contributed by atoms with E-state index in [1.54, 1.807) is 12.1 Å². The lowest BCUT2D eigenvalue weighted by Gasteiger charge is -2.10.